The molecular formula is C30H27N5O4. The Kier molecular flexibility index (Phi) is 6.11. The van der Waals surface area contributed by atoms with E-state index in [-0.39, 0.29) is 18.2 Å². The van der Waals surface area contributed by atoms with Crippen molar-refractivity contribution in [1.29, 1.82) is 0 Å². The molecule has 0 spiro atoms. The van der Waals surface area contributed by atoms with Crippen LogP contribution in [0.4, 0.5) is 17.2 Å². The molecule has 39 heavy (non-hydrogen) atoms. The number of para-hydroxylation sites is 2. The normalized spacial score (nSPS) is 17.1. The molecule has 0 bridgehead atoms. The second-order valence-electron chi connectivity index (χ2n) is 9.86. The number of amides is 1. The first-order chi connectivity index (χ1) is 18.9. The highest BCUT2D eigenvalue weighted by atomic mass is 16.4. The summed E-state index contributed by atoms with van der Waals surface area (Å²) in [5.74, 6) is -0.458. The Hall–Kier alpha value is -4.92. The van der Waals surface area contributed by atoms with E-state index in [4.69, 9.17) is 10.2 Å². The number of aromatic nitrogens is 2. The van der Waals surface area contributed by atoms with Crippen molar-refractivity contribution in [2.24, 2.45) is 5.92 Å². The number of nitrogen functional groups attached to an aromatic ring is 1. The van der Waals surface area contributed by atoms with Gasteiger partial charge in [0, 0.05) is 23.9 Å². The first-order valence-corrected chi connectivity index (χ1v) is 12.8. The molecule has 0 radical (unpaired) electrons. The quantitative estimate of drug-likeness (QED) is 0.258. The van der Waals surface area contributed by atoms with Gasteiger partial charge in [-0.05, 0) is 43.0 Å². The summed E-state index contributed by atoms with van der Waals surface area (Å²) in [6.07, 6.45) is 0.440. The zero-order valence-electron chi connectivity index (χ0n) is 21.3. The predicted molar refractivity (Wildman–Crippen MR) is 150 cm³/mol. The smallest absolute Gasteiger partial charge is 0.326 e. The minimum absolute atomic E-state index is 0.141. The number of nitrogens with zero attached hydrogens (tertiary/aromatic N) is 3. The molecule has 3 aromatic carbocycles. The van der Waals surface area contributed by atoms with Crippen molar-refractivity contribution in [2.45, 2.75) is 25.8 Å². The van der Waals surface area contributed by atoms with Gasteiger partial charge in [-0.1, -0.05) is 54.6 Å². The van der Waals surface area contributed by atoms with Crippen LogP contribution in [0.2, 0.25) is 0 Å². The lowest BCUT2D eigenvalue weighted by Crippen LogP contribution is -2.36. The lowest BCUT2D eigenvalue weighted by molar-refractivity contribution is -0.138. The van der Waals surface area contributed by atoms with Crippen LogP contribution in [0.1, 0.15) is 18.7 Å². The zero-order chi connectivity index (χ0) is 27.1. The molecule has 196 valence electrons. The van der Waals surface area contributed by atoms with Crippen molar-refractivity contribution >= 4 is 51.1 Å². The third-order valence-corrected chi connectivity index (χ3v) is 7.20. The number of benzene rings is 3. The fraction of sp³-hybridized carbons (Fsp3) is 0.200. The van der Waals surface area contributed by atoms with Gasteiger partial charge in [-0.3, -0.25) is 4.79 Å². The fourth-order valence-corrected chi connectivity index (χ4v) is 5.43. The van der Waals surface area contributed by atoms with Crippen molar-refractivity contribution in [3.63, 3.8) is 0 Å². The Morgan fingerprint density at radius 3 is 2.62 bits per heavy atom. The molecule has 1 aliphatic rings. The van der Waals surface area contributed by atoms with E-state index in [9.17, 15) is 14.7 Å². The molecule has 2 atom stereocenters. The highest BCUT2D eigenvalue weighted by Gasteiger charge is 2.40. The van der Waals surface area contributed by atoms with Crippen LogP contribution in [-0.4, -0.2) is 39.5 Å². The largest absolute Gasteiger partial charge is 0.480 e. The summed E-state index contributed by atoms with van der Waals surface area (Å²) in [5.41, 5.74) is 11.0. The van der Waals surface area contributed by atoms with E-state index in [1.807, 2.05) is 66.7 Å². The summed E-state index contributed by atoms with van der Waals surface area (Å²) in [4.78, 5) is 36.3. The van der Waals surface area contributed by atoms with E-state index < -0.39 is 12.0 Å². The number of hydrogen-bond acceptors (Lipinski definition) is 7. The maximum Gasteiger partial charge on any atom is 0.326 e. The highest BCUT2D eigenvalue weighted by molar-refractivity contribution is 6.06. The molecule has 1 saturated heterocycles. The number of carboxylic acid groups (broad SMARTS) is 1. The summed E-state index contributed by atoms with van der Waals surface area (Å²) in [6.45, 7) is 2.11. The first-order valence-electron chi connectivity index (χ1n) is 12.8. The van der Waals surface area contributed by atoms with E-state index in [0.29, 0.717) is 52.7 Å². The minimum atomic E-state index is -0.974. The van der Waals surface area contributed by atoms with Gasteiger partial charge in [0.2, 0.25) is 5.91 Å². The van der Waals surface area contributed by atoms with E-state index in [0.717, 1.165) is 16.5 Å². The van der Waals surface area contributed by atoms with Gasteiger partial charge in [-0.2, -0.15) is 0 Å². The first kappa shape index (κ1) is 24.4. The Bertz CT molecular complexity index is 1720. The standard InChI is InChI=1S/C30H27N5O4/c1-17-32-27-21-10-5-6-13-24(21)39-28(27)29(33-17)35-16-18(14-23(35)30(37)38)15-25(36)34-22-12-7-11-20(26(22)31)19-8-3-2-4-9-19/h2-13,18,23H,14-16,31H2,1H3,(H,34,36)(H,37,38)/t18-,23+/m1/s1. The van der Waals surface area contributed by atoms with Crippen molar-refractivity contribution in [3.8, 4) is 11.1 Å². The third kappa shape index (κ3) is 4.52. The summed E-state index contributed by atoms with van der Waals surface area (Å²) in [7, 11) is 0. The van der Waals surface area contributed by atoms with Gasteiger partial charge in [0.15, 0.2) is 11.4 Å². The second-order valence-corrected chi connectivity index (χ2v) is 9.86. The maximum absolute atomic E-state index is 13.1. The van der Waals surface area contributed by atoms with Gasteiger partial charge < -0.3 is 25.5 Å². The number of nitrogens with two attached hydrogens (primary N) is 1. The number of hydrogen-bond donors (Lipinski definition) is 3. The van der Waals surface area contributed by atoms with Gasteiger partial charge in [0.25, 0.3) is 0 Å². The number of furan rings is 1. The summed E-state index contributed by atoms with van der Waals surface area (Å²) in [6, 6.07) is 21.9. The Morgan fingerprint density at radius 2 is 1.82 bits per heavy atom. The predicted octanol–water partition coefficient (Wildman–Crippen LogP) is 5.24. The van der Waals surface area contributed by atoms with Crippen LogP contribution >= 0.6 is 0 Å². The highest BCUT2D eigenvalue weighted by Crippen LogP contribution is 2.38. The maximum atomic E-state index is 13.1. The number of carbonyl (C=O) groups excluding carboxylic acids is 1. The van der Waals surface area contributed by atoms with Gasteiger partial charge in [-0.25, -0.2) is 14.8 Å². The fourth-order valence-electron chi connectivity index (χ4n) is 5.43. The topological polar surface area (TPSA) is 135 Å². The average Bonchev–Trinajstić information content (AvgIpc) is 3.52. The number of carboxylic acids is 1. The number of anilines is 3. The Balaban J connectivity index is 1.25. The van der Waals surface area contributed by atoms with E-state index in [1.165, 1.54) is 0 Å². The second kappa shape index (κ2) is 9.75. The molecule has 9 heteroatoms. The van der Waals surface area contributed by atoms with Crippen molar-refractivity contribution in [1.82, 2.24) is 9.97 Å². The van der Waals surface area contributed by atoms with E-state index in [2.05, 4.69) is 15.3 Å². The van der Waals surface area contributed by atoms with Gasteiger partial charge in [0.1, 0.15) is 23.0 Å². The van der Waals surface area contributed by atoms with Crippen LogP contribution < -0.4 is 16.0 Å². The number of rotatable bonds is 6. The summed E-state index contributed by atoms with van der Waals surface area (Å²) >= 11 is 0. The molecule has 4 N–H and O–H groups in total. The summed E-state index contributed by atoms with van der Waals surface area (Å²) in [5, 5.41) is 13.8. The van der Waals surface area contributed by atoms with Crippen molar-refractivity contribution < 1.29 is 19.1 Å². The number of nitrogens with one attached hydrogen (secondary N) is 1. The van der Waals surface area contributed by atoms with E-state index >= 15 is 0 Å². The molecular weight excluding hydrogens is 494 g/mol. The van der Waals surface area contributed by atoms with Crippen LogP contribution in [0.25, 0.3) is 33.2 Å². The molecule has 1 amide bonds. The number of fused-ring (bicyclic) bond motifs is 3. The molecule has 2 aromatic heterocycles. The molecule has 9 nitrogen and oxygen atoms in total. The molecule has 3 heterocycles. The zero-order valence-corrected chi connectivity index (χ0v) is 21.3. The van der Waals surface area contributed by atoms with Crippen molar-refractivity contribution in [3.05, 3.63) is 78.6 Å². The van der Waals surface area contributed by atoms with Crippen LogP contribution in [0.15, 0.2) is 77.2 Å². The minimum Gasteiger partial charge on any atom is -0.480 e. The van der Waals surface area contributed by atoms with Crippen LogP contribution in [0.5, 0.6) is 0 Å². The SMILES string of the molecule is Cc1nc(N2C[C@@H](CC(=O)Nc3cccc(-c4ccccc4)c3N)C[C@H]2C(=O)O)c2oc3ccccc3c2n1. The number of carbonyl (C=O) groups is 2. The monoisotopic (exact) mass is 521 g/mol. The van der Waals surface area contributed by atoms with Crippen LogP contribution in [-0.2, 0) is 9.59 Å². The molecule has 6 rings (SSSR count). The van der Waals surface area contributed by atoms with E-state index in [1.54, 1.807) is 17.9 Å². The molecule has 0 unspecified atom stereocenters. The third-order valence-electron chi connectivity index (χ3n) is 7.20. The molecule has 0 saturated carbocycles. The van der Waals surface area contributed by atoms with Crippen molar-refractivity contribution in [2.75, 3.05) is 22.5 Å². The van der Waals surface area contributed by atoms with Crippen LogP contribution in [0, 0.1) is 12.8 Å². The van der Waals surface area contributed by atoms with Gasteiger partial charge in [-0.15, -0.1) is 0 Å². The Labute approximate surface area is 224 Å². The van der Waals surface area contributed by atoms with Gasteiger partial charge in [0.05, 0.1) is 11.4 Å². The van der Waals surface area contributed by atoms with Gasteiger partial charge >= 0.3 is 5.97 Å². The summed E-state index contributed by atoms with van der Waals surface area (Å²) < 4.78 is 6.08. The average molecular weight is 522 g/mol. The number of aryl methyl sites for hydroxylation is 1. The molecule has 5 aromatic rings. The van der Waals surface area contributed by atoms with Crippen LogP contribution in [0.3, 0.4) is 0 Å². The molecule has 0 aliphatic carbocycles. The Morgan fingerprint density at radius 1 is 1.05 bits per heavy atom. The molecule has 1 aliphatic heterocycles. The molecule has 1 fully saturated rings. The lowest BCUT2D eigenvalue weighted by atomic mass is 10.0. The lowest BCUT2D eigenvalue weighted by Gasteiger charge is -2.22. The number of aliphatic carboxylic acids is 1.